The van der Waals surface area contributed by atoms with E-state index in [1.807, 2.05) is 0 Å². The number of pyridine rings is 2. The van der Waals surface area contributed by atoms with Crippen LogP contribution in [-0.2, 0) is 10.9 Å². The summed E-state index contributed by atoms with van der Waals surface area (Å²) < 4.78 is 47.2. The van der Waals surface area contributed by atoms with Crippen LogP contribution in [0.5, 0.6) is 0 Å². The molecule has 1 aliphatic heterocycles. The summed E-state index contributed by atoms with van der Waals surface area (Å²) in [4.78, 5) is 8.11. The second kappa shape index (κ2) is 6.78. The third-order valence-corrected chi connectivity index (χ3v) is 4.61. The molecule has 3 aromatic rings. The summed E-state index contributed by atoms with van der Waals surface area (Å²) >= 11 is 0. The van der Waals surface area contributed by atoms with Crippen molar-refractivity contribution in [3.63, 3.8) is 0 Å². The standard InChI is InChI=1S/C17H15F3N4O4/c18-17(19,20)10-5-11(8-1-3-21-4-2-8)23-15-9(10)6-22-24(15)16-14(27)13(26)12(7-25)28-16/h1-6,12-14,16,25-27H,7H2/t12-,13-,14-,16-/m1/s1. The lowest BCUT2D eigenvalue weighted by Crippen LogP contribution is -2.33. The Morgan fingerprint density at radius 2 is 1.86 bits per heavy atom. The van der Waals surface area contributed by atoms with Gasteiger partial charge in [-0.1, -0.05) is 0 Å². The number of ether oxygens (including phenoxy) is 1. The minimum absolute atomic E-state index is 0.0377. The number of hydrogen-bond donors (Lipinski definition) is 3. The molecule has 0 radical (unpaired) electrons. The van der Waals surface area contributed by atoms with Crippen LogP contribution in [0.1, 0.15) is 11.8 Å². The van der Waals surface area contributed by atoms with Gasteiger partial charge < -0.3 is 20.1 Å². The predicted molar refractivity (Wildman–Crippen MR) is 88.8 cm³/mol. The van der Waals surface area contributed by atoms with Crippen molar-refractivity contribution in [2.75, 3.05) is 6.61 Å². The second-order valence-electron chi connectivity index (χ2n) is 6.34. The summed E-state index contributed by atoms with van der Waals surface area (Å²) in [5.41, 5.74) is -0.661. The Labute approximate surface area is 155 Å². The van der Waals surface area contributed by atoms with E-state index in [1.54, 1.807) is 0 Å². The van der Waals surface area contributed by atoms with Crippen molar-refractivity contribution in [1.82, 2.24) is 19.7 Å². The number of halogens is 3. The van der Waals surface area contributed by atoms with Crippen molar-refractivity contribution in [2.24, 2.45) is 0 Å². The van der Waals surface area contributed by atoms with Crippen molar-refractivity contribution in [1.29, 1.82) is 0 Å². The molecule has 0 bridgehead atoms. The Balaban J connectivity index is 1.91. The van der Waals surface area contributed by atoms with Gasteiger partial charge in [-0.3, -0.25) is 4.98 Å². The van der Waals surface area contributed by atoms with Crippen LogP contribution in [0.4, 0.5) is 13.2 Å². The van der Waals surface area contributed by atoms with Gasteiger partial charge in [-0.25, -0.2) is 9.67 Å². The molecule has 0 saturated carbocycles. The molecular weight excluding hydrogens is 381 g/mol. The van der Waals surface area contributed by atoms with Gasteiger partial charge in [-0.05, 0) is 18.2 Å². The molecule has 0 unspecified atom stereocenters. The van der Waals surface area contributed by atoms with Crippen LogP contribution in [0.15, 0.2) is 36.8 Å². The first kappa shape index (κ1) is 18.7. The van der Waals surface area contributed by atoms with Crippen LogP contribution in [0.25, 0.3) is 22.3 Å². The van der Waals surface area contributed by atoms with E-state index in [1.165, 1.54) is 24.5 Å². The molecule has 0 amide bonds. The molecule has 1 saturated heterocycles. The third kappa shape index (κ3) is 3.02. The Bertz CT molecular complexity index is 995. The maximum Gasteiger partial charge on any atom is 0.417 e. The monoisotopic (exact) mass is 396 g/mol. The average molecular weight is 396 g/mol. The summed E-state index contributed by atoms with van der Waals surface area (Å²) in [7, 11) is 0. The number of nitrogens with zero attached hydrogens (tertiary/aromatic N) is 4. The normalized spacial score (nSPS) is 25.5. The average Bonchev–Trinajstić information content (AvgIpc) is 3.22. The number of aromatic nitrogens is 4. The smallest absolute Gasteiger partial charge is 0.394 e. The van der Waals surface area contributed by atoms with Gasteiger partial charge in [0.2, 0.25) is 0 Å². The molecule has 0 aromatic carbocycles. The fourth-order valence-electron chi connectivity index (χ4n) is 3.19. The maximum atomic E-state index is 13.6. The molecule has 4 rings (SSSR count). The van der Waals surface area contributed by atoms with Crippen LogP contribution in [0, 0.1) is 0 Å². The topological polar surface area (TPSA) is 114 Å². The SMILES string of the molecule is OC[C@H]1O[C@@H](n2ncc3c(C(F)(F)F)cc(-c4ccncc4)nc32)[C@H](O)[C@@H]1O. The zero-order chi connectivity index (χ0) is 20.1. The van der Waals surface area contributed by atoms with Gasteiger partial charge >= 0.3 is 6.18 Å². The van der Waals surface area contributed by atoms with E-state index in [2.05, 4.69) is 15.1 Å². The Morgan fingerprint density at radius 3 is 2.46 bits per heavy atom. The largest absolute Gasteiger partial charge is 0.417 e. The molecule has 0 aliphatic carbocycles. The van der Waals surface area contributed by atoms with Gasteiger partial charge in [0.15, 0.2) is 11.9 Å². The first-order valence-corrected chi connectivity index (χ1v) is 8.29. The lowest BCUT2D eigenvalue weighted by Gasteiger charge is -2.17. The number of alkyl halides is 3. The van der Waals surface area contributed by atoms with Gasteiger partial charge in [-0.15, -0.1) is 0 Å². The zero-order valence-electron chi connectivity index (χ0n) is 14.2. The van der Waals surface area contributed by atoms with Crippen molar-refractivity contribution < 1.29 is 33.2 Å². The van der Waals surface area contributed by atoms with Gasteiger partial charge in [-0.2, -0.15) is 18.3 Å². The van der Waals surface area contributed by atoms with Crippen molar-refractivity contribution >= 4 is 11.0 Å². The molecule has 11 heteroatoms. The van der Waals surface area contributed by atoms with Crippen LogP contribution in [0.2, 0.25) is 0 Å². The molecule has 4 atom stereocenters. The molecule has 28 heavy (non-hydrogen) atoms. The summed E-state index contributed by atoms with van der Waals surface area (Å²) in [5, 5.41) is 33.0. The van der Waals surface area contributed by atoms with Gasteiger partial charge in [0.1, 0.15) is 18.3 Å². The number of rotatable bonds is 3. The quantitative estimate of drug-likeness (QED) is 0.608. The number of aliphatic hydroxyl groups excluding tert-OH is 3. The van der Waals surface area contributed by atoms with Crippen LogP contribution in [-0.4, -0.2) is 60.0 Å². The lowest BCUT2D eigenvalue weighted by atomic mass is 10.1. The van der Waals surface area contributed by atoms with Gasteiger partial charge in [0, 0.05) is 18.0 Å². The minimum atomic E-state index is -4.67. The summed E-state index contributed by atoms with van der Waals surface area (Å²) in [6, 6.07) is 3.95. The fourth-order valence-corrected chi connectivity index (χ4v) is 3.19. The molecule has 0 spiro atoms. The predicted octanol–water partition coefficient (Wildman–Crippen LogP) is 1.12. The molecule has 1 aliphatic rings. The molecule has 148 valence electrons. The summed E-state index contributed by atoms with van der Waals surface area (Å²) in [5.74, 6) is 0. The highest BCUT2D eigenvalue weighted by molar-refractivity contribution is 5.83. The van der Waals surface area contributed by atoms with Crippen molar-refractivity contribution in [3.05, 3.63) is 42.4 Å². The lowest BCUT2D eigenvalue weighted by molar-refractivity contribution is -0.136. The molecular formula is C17H15F3N4O4. The van der Waals surface area contributed by atoms with Gasteiger partial charge in [0.25, 0.3) is 0 Å². The van der Waals surface area contributed by atoms with E-state index < -0.39 is 42.9 Å². The van der Waals surface area contributed by atoms with E-state index in [-0.39, 0.29) is 16.7 Å². The van der Waals surface area contributed by atoms with E-state index >= 15 is 0 Å². The fraction of sp³-hybridized carbons (Fsp3) is 0.353. The summed E-state index contributed by atoms with van der Waals surface area (Å²) in [6.07, 6.45) is -6.14. The minimum Gasteiger partial charge on any atom is -0.394 e. The maximum absolute atomic E-state index is 13.6. The molecule has 3 aromatic heterocycles. The Kier molecular flexibility index (Phi) is 4.54. The van der Waals surface area contributed by atoms with Crippen LogP contribution < -0.4 is 0 Å². The van der Waals surface area contributed by atoms with E-state index in [0.717, 1.165) is 16.9 Å². The Morgan fingerprint density at radius 1 is 1.14 bits per heavy atom. The first-order chi connectivity index (χ1) is 13.3. The molecule has 4 heterocycles. The highest BCUT2D eigenvalue weighted by Gasteiger charge is 2.45. The zero-order valence-corrected chi connectivity index (χ0v) is 14.2. The molecule has 1 fully saturated rings. The Hall–Kier alpha value is -2.60. The number of aliphatic hydroxyl groups is 3. The third-order valence-electron chi connectivity index (χ3n) is 4.61. The van der Waals surface area contributed by atoms with Crippen molar-refractivity contribution in [3.8, 4) is 11.3 Å². The number of fused-ring (bicyclic) bond motifs is 1. The van der Waals surface area contributed by atoms with E-state index in [9.17, 15) is 28.5 Å². The first-order valence-electron chi connectivity index (χ1n) is 8.29. The second-order valence-corrected chi connectivity index (χ2v) is 6.34. The van der Waals surface area contributed by atoms with Gasteiger partial charge in [0.05, 0.1) is 29.4 Å². The summed E-state index contributed by atoms with van der Waals surface area (Å²) in [6.45, 7) is -0.572. The van der Waals surface area contributed by atoms with E-state index in [0.29, 0.717) is 5.56 Å². The molecule has 8 nitrogen and oxygen atoms in total. The highest BCUT2D eigenvalue weighted by atomic mass is 19.4. The van der Waals surface area contributed by atoms with Crippen LogP contribution >= 0.6 is 0 Å². The van der Waals surface area contributed by atoms with Crippen molar-refractivity contribution in [2.45, 2.75) is 30.7 Å². The van der Waals surface area contributed by atoms with Crippen LogP contribution in [0.3, 0.4) is 0 Å². The molecule has 3 N–H and O–H groups in total. The van der Waals surface area contributed by atoms with E-state index in [4.69, 9.17) is 4.74 Å². The number of hydrogen-bond acceptors (Lipinski definition) is 7. The highest BCUT2D eigenvalue weighted by Crippen LogP contribution is 2.38.